The molecule has 0 saturated carbocycles. The van der Waals surface area contributed by atoms with Gasteiger partial charge in [0.25, 0.3) is 5.91 Å². The van der Waals surface area contributed by atoms with Gasteiger partial charge in [-0.3, -0.25) is 4.79 Å². The molecule has 1 atom stereocenters. The summed E-state index contributed by atoms with van der Waals surface area (Å²) in [6.07, 6.45) is 0. The lowest BCUT2D eigenvalue weighted by Gasteiger charge is -2.33. The van der Waals surface area contributed by atoms with Gasteiger partial charge in [-0.1, -0.05) is 26.0 Å². The van der Waals surface area contributed by atoms with Gasteiger partial charge in [-0.25, -0.2) is 0 Å². The van der Waals surface area contributed by atoms with E-state index in [2.05, 4.69) is 24.5 Å². The average Bonchev–Trinajstić information content (AvgIpc) is 2.60. The van der Waals surface area contributed by atoms with Gasteiger partial charge in [0.2, 0.25) is 0 Å². The lowest BCUT2D eigenvalue weighted by molar-refractivity contribution is -0.127. The van der Waals surface area contributed by atoms with E-state index < -0.39 is 0 Å². The van der Waals surface area contributed by atoms with Crippen LogP contribution in [0.5, 0.6) is 5.75 Å². The Morgan fingerprint density at radius 1 is 1.23 bits per heavy atom. The molecule has 0 radical (unpaired) electrons. The van der Waals surface area contributed by atoms with E-state index in [4.69, 9.17) is 17.0 Å². The van der Waals surface area contributed by atoms with Gasteiger partial charge in [0.05, 0.1) is 18.2 Å². The molecule has 142 valence electrons. The van der Waals surface area contributed by atoms with Crippen LogP contribution in [0, 0.1) is 5.92 Å². The molecule has 2 rings (SSSR count). The second-order valence-electron chi connectivity index (χ2n) is 6.82. The largest absolute Gasteiger partial charge is 0.493 e. The third-order valence-corrected chi connectivity index (χ3v) is 4.57. The lowest BCUT2D eigenvalue weighted by Crippen LogP contribution is -2.47. The highest BCUT2D eigenvalue weighted by molar-refractivity contribution is 7.80. The SMILES string of the molecule is CCN(CC)C(=O)C1=C(C)NC(=S)N[C@@H]1c1ccc(OCC(C)C)cc1. The zero-order valence-electron chi connectivity index (χ0n) is 16.3. The van der Waals surface area contributed by atoms with Crippen LogP contribution in [0.3, 0.4) is 0 Å². The number of benzene rings is 1. The average molecular weight is 376 g/mol. The highest BCUT2D eigenvalue weighted by Crippen LogP contribution is 2.29. The Morgan fingerprint density at radius 2 is 1.85 bits per heavy atom. The summed E-state index contributed by atoms with van der Waals surface area (Å²) in [5.41, 5.74) is 2.49. The minimum Gasteiger partial charge on any atom is -0.493 e. The standard InChI is InChI=1S/C20H29N3O2S/c1-6-23(7-2)19(24)17-14(5)21-20(26)22-18(17)15-8-10-16(11-9-15)25-12-13(3)4/h8-11,13,18H,6-7,12H2,1-5H3,(H2,21,22,26)/t18-/m1/s1. The van der Waals surface area contributed by atoms with Gasteiger partial charge in [0.1, 0.15) is 5.75 Å². The minimum atomic E-state index is -0.268. The number of allylic oxidation sites excluding steroid dienone is 1. The molecule has 0 saturated heterocycles. The van der Waals surface area contributed by atoms with E-state index in [0.717, 1.165) is 17.0 Å². The van der Waals surface area contributed by atoms with Crippen molar-refractivity contribution in [3.05, 3.63) is 41.1 Å². The van der Waals surface area contributed by atoms with Crippen LogP contribution in [0.15, 0.2) is 35.5 Å². The fraction of sp³-hybridized carbons (Fsp3) is 0.500. The number of rotatable bonds is 7. The first-order valence-electron chi connectivity index (χ1n) is 9.17. The van der Waals surface area contributed by atoms with E-state index in [1.54, 1.807) is 0 Å². The summed E-state index contributed by atoms with van der Waals surface area (Å²) >= 11 is 5.31. The fourth-order valence-electron chi connectivity index (χ4n) is 2.93. The molecule has 1 aliphatic heterocycles. The topological polar surface area (TPSA) is 53.6 Å². The molecule has 1 heterocycles. The van der Waals surface area contributed by atoms with Crippen LogP contribution >= 0.6 is 12.2 Å². The lowest BCUT2D eigenvalue weighted by atomic mass is 9.94. The molecule has 0 aliphatic carbocycles. The van der Waals surface area contributed by atoms with Gasteiger partial charge in [0, 0.05) is 18.8 Å². The number of nitrogens with zero attached hydrogens (tertiary/aromatic N) is 1. The first-order chi connectivity index (χ1) is 12.4. The zero-order valence-corrected chi connectivity index (χ0v) is 17.1. The zero-order chi connectivity index (χ0) is 19.3. The van der Waals surface area contributed by atoms with Crippen molar-refractivity contribution in [3.8, 4) is 5.75 Å². The van der Waals surface area contributed by atoms with Crippen molar-refractivity contribution in [2.45, 2.75) is 40.7 Å². The third-order valence-electron chi connectivity index (χ3n) is 4.35. The maximum Gasteiger partial charge on any atom is 0.253 e. The Bertz CT molecular complexity index is 679. The summed E-state index contributed by atoms with van der Waals surface area (Å²) in [6.45, 7) is 12.1. The van der Waals surface area contributed by atoms with Gasteiger partial charge in [0.15, 0.2) is 5.11 Å². The molecule has 6 heteroatoms. The molecule has 0 unspecified atom stereocenters. The monoisotopic (exact) mass is 375 g/mol. The molecule has 0 bridgehead atoms. The molecule has 0 fully saturated rings. The molecule has 1 aliphatic rings. The second-order valence-corrected chi connectivity index (χ2v) is 7.23. The Morgan fingerprint density at radius 3 is 2.38 bits per heavy atom. The van der Waals surface area contributed by atoms with Crippen molar-refractivity contribution in [3.63, 3.8) is 0 Å². The molecule has 0 aromatic heterocycles. The molecule has 1 aromatic rings. The van der Waals surface area contributed by atoms with Crippen molar-refractivity contribution < 1.29 is 9.53 Å². The molecule has 1 aromatic carbocycles. The smallest absolute Gasteiger partial charge is 0.253 e. The summed E-state index contributed by atoms with van der Waals surface area (Å²) < 4.78 is 5.75. The van der Waals surface area contributed by atoms with Crippen LogP contribution in [-0.4, -0.2) is 35.6 Å². The molecular formula is C20H29N3O2S. The molecule has 5 nitrogen and oxygen atoms in total. The van der Waals surface area contributed by atoms with Crippen LogP contribution in [0.4, 0.5) is 0 Å². The number of carbonyl (C=O) groups is 1. The highest BCUT2D eigenvalue weighted by atomic mass is 32.1. The van der Waals surface area contributed by atoms with E-state index in [1.165, 1.54) is 0 Å². The molecule has 0 spiro atoms. The van der Waals surface area contributed by atoms with Gasteiger partial charge >= 0.3 is 0 Å². The van der Waals surface area contributed by atoms with Crippen LogP contribution < -0.4 is 15.4 Å². The van der Waals surface area contributed by atoms with Crippen molar-refractivity contribution >= 4 is 23.2 Å². The highest BCUT2D eigenvalue weighted by Gasteiger charge is 2.31. The predicted octanol–water partition coefficient (Wildman–Crippen LogP) is 3.38. The second kappa shape index (κ2) is 9.03. The molecule has 26 heavy (non-hydrogen) atoms. The quantitative estimate of drug-likeness (QED) is 0.716. The molecule has 2 N–H and O–H groups in total. The van der Waals surface area contributed by atoms with Gasteiger partial charge in [-0.05, 0) is 56.6 Å². The first-order valence-corrected chi connectivity index (χ1v) is 9.58. The van der Waals surface area contributed by atoms with E-state index in [0.29, 0.717) is 36.3 Å². The van der Waals surface area contributed by atoms with E-state index in [1.807, 2.05) is 49.9 Å². The number of ether oxygens (including phenoxy) is 1. The van der Waals surface area contributed by atoms with Crippen LogP contribution in [-0.2, 0) is 4.79 Å². The van der Waals surface area contributed by atoms with Crippen LogP contribution in [0.25, 0.3) is 0 Å². The van der Waals surface area contributed by atoms with E-state index >= 15 is 0 Å². The first kappa shape index (κ1) is 20.2. The molecule has 1 amide bonds. The number of nitrogens with one attached hydrogen (secondary N) is 2. The van der Waals surface area contributed by atoms with Gasteiger partial charge < -0.3 is 20.3 Å². The van der Waals surface area contributed by atoms with E-state index in [-0.39, 0.29) is 11.9 Å². The number of thiocarbonyl (C=S) groups is 1. The maximum atomic E-state index is 13.0. The predicted molar refractivity (Wildman–Crippen MR) is 109 cm³/mol. The van der Waals surface area contributed by atoms with Crippen molar-refractivity contribution in [2.75, 3.05) is 19.7 Å². The molecular weight excluding hydrogens is 346 g/mol. The van der Waals surface area contributed by atoms with Gasteiger partial charge in [-0.15, -0.1) is 0 Å². The Balaban J connectivity index is 2.30. The number of hydrogen-bond acceptors (Lipinski definition) is 3. The van der Waals surface area contributed by atoms with Gasteiger partial charge in [-0.2, -0.15) is 0 Å². The summed E-state index contributed by atoms with van der Waals surface area (Å²) in [5.74, 6) is 1.33. The third kappa shape index (κ3) is 4.75. The fourth-order valence-corrected chi connectivity index (χ4v) is 3.20. The number of hydrogen-bond donors (Lipinski definition) is 2. The normalized spacial score (nSPS) is 17.0. The van der Waals surface area contributed by atoms with Crippen molar-refractivity contribution in [1.82, 2.24) is 15.5 Å². The maximum absolute atomic E-state index is 13.0. The summed E-state index contributed by atoms with van der Waals surface area (Å²) in [4.78, 5) is 14.8. The Labute approximate surface area is 161 Å². The number of likely N-dealkylation sites (N-methyl/N-ethyl adjacent to an activating group) is 1. The Kier molecular flexibility index (Phi) is 7.03. The number of carbonyl (C=O) groups excluding carboxylic acids is 1. The Hall–Kier alpha value is -2.08. The van der Waals surface area contributed by atoms with Crippen molar-refractivity contribution in [1.29, 1.82) is 0 Å². The summed E-state index contributed by atoms with van der Waals surface area (Å²) in [6, 6.07) is 7.60. The summed E-state index contributed by atoms with van der Waals surface area (Å²) in [7, 11) is 0. The van der Waals surface area contributed by atoms with Crippen molar-refractivity contribution in [2.24, 2.45) is 5.92 Å². The number of amides is 1. The minimum absolute atomic E-state index is 0.0279. The summed E-state index contributed by atoms with van der Waals surface area (Å²) in [5, 5.41) is 6.86. The van der Waals surface area contributed by atoms with E-state index in [9.17, 15) is 4.79 Å². The van der Waals surface area contributed by atoms with Crippen LogP contribution in [0.2, 0.25) is 0 Å². The van der Waals surface area contributed by atoms with Crippen LogP contribution in [0.1, 0.15) is 46.2 Å².